The van der Waals surface area contributed by atoms with E-state index >= 15 is 0 Å². The van der Waals surface area contributed by atoms with Crippen LogP contribution in [0.1, 0.15) is 6.92 Å². The van der Waals surface area contributed by atoms with Gasteiger partial charge in [0.1, 0.15) is 18.2 Å². The largest absolute Gasteiger partial charge is 0.392 e. The van der Waals surface area contributed by atoms with Gasteiger partial charge in [-0.05, 0) is 0 Å². The molecule has 0 aliphatic carbocycles. The molecule has 0 radical (unpaired) electrons. The molecule has 1 amide bonds. The summed E-state index contributed by atoms with van der Waals surface area (Å²) in [5.74, 6) is 2.00. The Balaban J connectivity index is 2.28. The van der Waals surface area contributed by atoms with Gasteiger partial charge in [-0.1, -0.05) is 19.4 Å². The van der Waals surface area contributed by atoms with Crippen LogP contribution in [0.2, 0.25) is 0 Å². The number of aliphatic hydroxyl groups excluding tert-OH is 2. The van der Waals surface area contributed by atoms with Gasteiger partial charge in [0.05, 0.1) is 6.61 Å². The molecule has 1 saturated heterocycles. The van der Waals surface area contributed by atoms with Gasteiger partial charge in [0.15, 0.2) is 5.60 Å². The first-order valence-electron chi connectivity index (χ1n) is 5.86. The lowest BCUT2D eigenvalue weighted by atomic mass is 9.92. The predicted octanol–water partition coefficient (Wildman–Crippen LogP) is -0.879. The van der Waals surface area contributed by atoms with E-state index in [1.165, 1.54) is 12.3 Å². The lowest BCUT2D eigenvalue weighted by Gasteiger charge is -2.33. The number of amides is 1. The summed E-state index contributed by atoms with van der Waals surface area (Å²) in [5.41, 5.74) is -1.43. The van der Waals surface area contributed by atoms with Gasteiger partial charge in [-0.3, -0.25) is 4.79 Å². The molecule has 0 aromatic rings. The van der Waals surface area contributed by atoms with Gasteiger partial charge < -0.3 is 25.2 Å². The number of carbonyl (C=O) groups excluding carboxylic acids is 1. The molecule has 6 nitrogen and oxygen atoms in total. The van der Waals surface area contributed by atoms with E-state index in [-0.39, 0.29) is 11.8 Å². The van der Waals surface area contributed by atoms with E-state index in [9.17, 15) is 15.0 Å². The van der Waals surface area contributed by atoms with E-state index in [1.807, 2.05) is 0 Å². The number of rotatable bonds is 2. The maximum absolute atomic E-state index is 11.2. The van der Waals surface area contributed by atoms with Crippen LogP contribution in [0, 0.1) is 18.3 Å². The second kappa shape index (κ2) is 4.70. The van der Waals surface area contributed by atoms with E-state index in [1.54, 1.807) is 11.8 Å². The summed E-state index contributed by atoms with van der Waals surface area (Å²) < 4.78 is 5.64. The van der Waals surface area contributed by atoms with Crippen LogP contribution in [0.25, 0.3) is 0 Å². The summed E-state index contributed by atoms with van der Waals surface area (Å²) >= 11 is 0. The van der Waals surface area contributed by atoms with Crippen LogP contribution in [-0.2, 0) is 9.53 Å². The van der Waals surface area contributed by atoms with E-state index in [0.29, 0.717) is 5.82 Å². The minimum atomic E-state index is -1.43. The number of hydrogen-bond donors (Lipinski definition) is 3. The van der Waals surface area contributed by atoms with Gasteiger partial charge in [0.25, 0.3) is 5.91 Å². The first-order valence-corrected chi connectivity index (χ1v) is 5.86. The Bertz CT molecular complexity index is 482. The van der Waals surface area contributed by atoms with Crippen molar-refractivity contribution in [1.29, 1.82) is 0 Å². The van der Waals surface area contributed by atoms with Gasteiger partial charge >= 0.3 is 0 Å². The number of aliphatic hydroxyl groups is 2. The van der Waals surface area contributed by atoms with Gasteiger partial charge in [0, 0.05) is 18.2 Å². The van der Waals surface area contributed by atoms with E-state index in [2.05, 4.69) is 17.8 Å². The SMILES string of the molecule is C#C[C@]1(CO)O[C@@H](N2C=CC(=O)NC2=C)[C@@H](C)[C@@H]1O. The van der Waals surface area contributed by atoms with Crippen molar-refractivity contribution < 1.29 is 19.7 Å². The van der Waals surface area contributed by atoms with Gasteiger partial charge in [0.2, 0.25) is 0 Å². The summed E-state index contributed by atoms with van der Waals surface area (Å²) in [6.45, 7) is 4.98. The normalized spacial score (nSPS) is 38.2. The molecule has 0 aromatic carbocycles. The average Bonchev–Trinajstić information content (AvgIpc) is 2.64. The number of terminal acetylenes is 1. The third-order valence-electron chi connectivity index (χ3n) is 3.48. The quantitative estimate of drug-likeness (QED) is 0.564. The van der Waals surface area contributed by atoms with Crippen LogP contribution < -0.4 is 5.32 Å². The lowest BCUT2D eigenvalue weighted by molar-refractivity contribution is -0.119. The summed E-state index contributed by atoms with van der Waals surface area (Å²) in [6.07, 6.45) is 6.58. The Labute approximate surface area is 111 Å². The van der Waals surface area contributed by atoms with Crippen LogP contribution in [0.3, 0.4) is 0 Å². The fourth-order valence-electron chi connectivity index (χ4n) is 2.30. The Kier molecular flexibility index (Phi) is 3.37. The zero-order valence-corrected chi connectivity index (χ0v) is 10.5. The molecule has 2 aliphatic rings. The molecular formula is C13H16N2O4. The van der Waals surface area contributed by atoms with Crippen molar-refractivity contribution in [3.05, 3.63) is 24.7 Å². The van der Waals surface area contributed by atoms with Gasteiger partial charge in [-0.15, -0.1) is 6.42 Å². The third-order valence-corrected chi connectivity index (χ3v) is 3.48. The summed E-state index contributed by atoms with van der Waals surface area (Å²) in [7, 11) is 0. The second-order valence-corrected chi connectivity index (χ2v) is 4.66. The summed E-state index contributed by atoms with van der Waals surface area (Å²) in [5, 5.41) is 22.1. The minimum absolute atomic E-state index is 0.280. The molecule has 0 spiro atoms. The molecule has 2 aliphatic heterocycles. The van der Waals surface area contributed by atoms with Gasteiger partial charge in [-0.25, -0.2) is 0 Å². The maximum Gasteiger partial charge on any atom is 0.250 e. The highest BCUT2D eigenvalue weighted by Gasteiger charge is 2.53. The van der Waals surface area contributed by atoms with Crippen molar-refractivity contribution >= 4 is 5.91 Å². The summed E-state index contributed by atoms with van der Waals surface area (Å²) in [6, 6.07) is 0. The molecule has 6 heteroatoms. The van der Waals surface area contributed by atoms with Crippen molar-refractivity contribution in [1.82, 2.24) is 10.2 Å². The van der Waals surface area contributed by atoms with E-state index < -0.39 is 24.5 Å². The number of nitrogens with zero attached hydrogens (tertiary/aromatic N) is 1. The van der Waals surface area contributed by atoms with Crippen LogP contribution in [0.5, 0.6) is 0 Å². The highest BCUT2D eigenvalue weighted by molar-refractivity contribution is 5.89. The standard InChI is InChI=1S/C13H16N2O4/c1-4-13(7-16)11(18)8(2)12(19-13)15-6-5-10(17)14-9(15)3/h1,5-6,8,11-12,16,18H,3,7H2,2H3,(H,14,17)/t8-,11-,12+,13+/m0/s1. The topological polar surface area (TPSA) is 82.0 Å². The van der Waals surface area contributed by atoms with Crippen molar-refractivity contribution in [2.45, 2.75) is 24.9 Å². The minimum Gasteiger partial charge on any atom is -0.392 e. The predicted molar refractivity (Wildman–Crippen MR) is 67.0 cm³/mol. The first kappa shape index (κ1) is 13.6. The number of carbonyl (C=O) groups is 1. The molecule has 3 N–H and O–H groups in total. The van der Waals surface area contributed by atoms with Gasteiger partial charge in [-0.2, -0.15) is 0 Å². The molecule has 1 fully saturated rings. The smallest absolute Gasteiger partial charge is 0.250 e. The molecule has 19 heavy (non-hydrogen) atoms. The van der Waals surface area contributed by atoms with E-state index in [0.717, 1.165) is 0 Å². The Hall–Kier alpha value is -1.81. The molecule has 0 aromatic heterocycles. The first-order chi connectivity index (χ1) is 8.95. The molecule has 0 unspecified atom stereocenters. The molecular weight excluding hydrogens is 248 g/mol. The highest BCUT2D eigenvalue weighted by Crippen LogP contribution is 2.37. The van der Waals surface area contributed by atoms with Crippen molar-refractivity contribution in [2.75, 3.05) is 6.61 Å². The van der Waals surface area contributed by atoms with Crippen molar-refractivity contribution in [3.8, 4) is 12.3 Å². The van der Waals surface area contributed by atoms with E-state index in [4.69, 9.17) is 11.2 Å². The van der Waals surface area contributed by atoms with Crippen molar-refractivity contribution in [3.63, 3.8) is 0 Å². The zero-order chi connectivity index (χ0) is 14.2. The Morgan fingerprint density at radius 1 is 1.74 bits per heavy atom. The average molecular weight is 264 g/mol. The van der Waals surface area contributed by atoms with Crippen molar-refractivity contribution in [2.24, 2.45) is 5.92 Å². The zero-order valence-electron chi connectivity index (χ0n) is 10.5. The number of hydrogen-bond acceptors (Lipinski definition) is 5. The summed E-state index contributed by atoms with van der Waals surface area (Å²) in [4.78, 5) is 12.7. The Morgan fingerprint density at radius 3 is 2.89 bits per heavy atom. The maximum atomic E-state index is 11.2. The van der Waals surface area contributed by atoms with Crippen LogP contribution in [-0.4, -0.2) is 45.6 Å². The third kappa shape index (κ3) is 2.02. The lowest BCUT2D eigenvalue weighted by Crippen LogP contribution is -2.44. The number of ether oxygens (including phenoxy) is 1. The van der Waals surface area contributed by atoms with Crippen LogP contribution in [0.4, 0.5) is 0 Å². The highest BCUT2D eigenvalue weighted by atomic mass is 16.6. The molecule has 102 valence electrons. The Morgan fingerprint density at radius 2 is 2.42 bits per heavy atom. The molecule has 2 rings (SSSR count). The molecule has 0 saturated carbocycles. The number of nitrogens with one attached hydrogen (secondary N) is 1. The fourth-order valence-corrected chi connectivity index (χ4v) is 2.30. The second-order valence-electron chi connectivity index (χ2n) is 4.66. The molecule has 2 heterocycles. The monoisotopic (exact) mass is 264 g/mol. The van der Waals surface area contributed by atoms with Crippen LogP contribution in [0.15, 0.2) is 24.7 Å². The molecule has 4 atom stereocenters. The molecule has 0 bridgehead atoms. The fraction of sp³-hybridized carbons (Fsp3) is 0.462. The van der Waals surface area contributed by atoms with Crippen LogP contribution >= 0.6 is 0 Å².